The molecule has 2 aromatic rings. The number of nitrogens with one attached hydrogen (secondary N) is 1. The van der Waals surface area contributed by atoms with Crippen LogP contribution in [0.3, 0.4) is 0 Å². The number of amides is 1. The Labute approximate surface area is 160 Å². The van der Waals surface area contributed by atoms with Gasteiger partial charge < -0.3 is 11.1 Å². The highest BCUT2D eigenvalue weighted by atomic mass is 35.5. The van der Waals surface area contributed by atoms with Gasteiger partial charge in [0, 0.05) is 10.6 Å². The summed E-state index contributed by atoms with van der Waals surface area (Å²) in [5.74, 6) is -0.127. The maximum atomic E-state index is 12.4. The Morgan fingerprint density at radius 1 is 1.33 bits per heavy atom. The number of nitrogens with zero attached hydrogens (tertiary/aromatic N) is 2. The molecule has 24 heavy (non-hydrogen) atoms. The molecule has 0 bridgehead atoms. The van der Waals surface area contributed by atoms with Crippen LogP contribution in [0.25, 0.3) is 0 Å². The van der Waals surface area contributed by atoms with Crippen molar-refractivity contribution < 1.29 is 4.79 Å². The molecule has 3 N–H and O–H groups in total. The molecular weight excluding hydrogens is 387 g/mol. The van der Waals surface area contributed by atoms with Crippen molar-refractivity contribution in [3.05, 3.63) is 28.7 Å². The lowest BCUT2D eigenvalue weighted by Gasteiger charge is -2.31. The topological polar surface area (TPSA) is 80.9 Å². The Balaban J connectivity index is 0.00000208. The molecule has 3 rings (SSSR count). The fraction of sp³-hybridized carbons (Fsp3) is 0.400. The van der Waals surface area contributed by atoms with Gasteiger partial charge in [0.25, 0.3) is 0 Å². The van der Waals surface area contributed by atoms with Crippen molar-refractivity contribution in [2.45, 2.75) is 46.9 Å². The summed E-state index contributed by atoms with van der Waals surface area (Å²) in [6, 6.07) is 5.45. The van der Waals surface area contributed by atoms with E-state index in [0.29, 0.717) is 10.7 Å². The lowest BCUT2D eigenvalue weighted by Crippen LogP contribution is -2.52. The van der Waals surface area contributed by atoms with E-state index in [9.17, 15) is 4.79 Å². The molecule has 0 unspecified atom stereocenters. The lowest BCUT2D eigenvalue weighted by molar-refractivity contribution is -0.122. The molecular formula is C15H18Cl2N4OS2. The normalized spacial score (nSPS) is 16.2. The van der Waals surface area contributed by atoms with Crippen LogP contribution in [0.1, 0.15) is 32.1 Å². The summed E-state index contributed by atoms with van der Waals surface area (Å²) in [4.78, 5) is 13.3. The second-order valence-corrected chi connectivity index (χ2v) is 8.15. The average molecular weight is 405 g/mol. The van der Waals surface area contributed by atoms with E-state index in [2.05, 4.69) is 15.5 Å². The minimum atomic E-state index is -0.759. The van der Waals surface area contributed by atoms with E-state index in [1.807, 2.05) is 12.1 Å². The third-order valence-electron chi connectivity index (χ3n) is 3.93. The zero-order chi connectivity index (χ0) is 16.3. The number of aromatic nitrogens is 2. The van der Waals surface area contributed by atoms with Crippen LogP contribution in [0.2, 0.25) is 5.02 Å². The summed E-state index contributed by atoms with van der Waals surface area (Å²) in [6.45, 7) is 0. The van der Waals surface area contributed by atoms with Crippen LogP contribution in [0.5, 0.6) is 0 Å². The highest BCUT2D eigenvalue weighted by molar-refractivity contribution is 8.01. The van der Waals surface area contributed by atoms with Gasteiger partial charge in [-0.2, -0.15) is 0 Å². The third-order valence-corrected chi connectivity index (χ3v) is 6.20. The number of rotatable bonds is 4. The smallest absolute Gasteiger partial charge is 0.244 e. The summed E-state index contributed by atoms with van der Waals surface area (Å²) in [6.07, 6.45) is 4.62. The highest BCUT2D eigenvalue weighted by Crippen LogP contribution is 2.35. The minimum absolute atomic E-state index is 0. The predicted molar refractivity (Wildman–Crippen MR) is 101 cm³/mol. The van der Waals surface area contributed by atoms with Gasteiger partial charge in [-0.05, 0) is 31.0 Å². The van der Waals surface area contributed by atoms with Gasteiger partial charge in [0.15, 0.2) is 4.34 Å². The first kappa shape index (κ1) is 19.5. The van der Waals surface area contributed by atoms with Gasteiger partial charge in [-0.3, -0.25) is 4.79 Å². The number of hydrogen-bond acceptors (Lipinski definition) is 6. The van der Waals surface area contributed by atoms with Crippen molar-refractivity contribution in [2.24, 2.45) is 5.73 Å². The quantitative estimate of drug-likeness (QED) is 0.790. The summed E-state index contributed by atoms with van der Waals surface area (Å²) >= 11 is 9.21. The molecule has 0 aliphatic heterocycles. The van der Waals surface area contributed by atoms with Crippen molar-refractivity contribution in [1.29, 1.82) is 0 Å². The maximum Gasteiger partial charge on any atom is 0.244 e. The van der Waals surface area contributed by atoms with Gasteiger partial charge in [0.1, 0.15) is 5.51 Å². The molecule has 0 spiro atoms. The van der Waals surface area contributed by atoms with Crippen LogP contribution >= 0.6 is 47.1 Å². The average Bonchev–Trinajstić information content (AvgIpc) is 3.04. The first-order valence-electron chi connectivity index (χ1n) is 7.41. The molecule has 1 saturated carbocycles. The first-order chi connectivity index (χ1) is 11.1. The molecule has 0 atom stereocenters. The van der Waals surface area contributed by atoms with E-state index >= 15 is 0 Å². The van der Waals surface area contributed by atoms with Gasteiger partial charge in [0.05, 0.1) is 10.6 Å². The fourth-order valence-electron chi connectivity index (χ4n) is 2.63. The first-order valence-corrected chi connectivity index (χ1v) is 9.48. The molecule has 1 aromatic heterocycles. The number of anilines is 1. The van der Waals surface area contributed by atoms with Gasteiger partial charge in [-0.25, -0.2) is 0 Å². The molecule has 0 radical (unpaired) electrons. The van der Waals surface area contributed by atoms with Crippen molar-refractivity contribution in [2.75, 3.05) is 5.32 Å². The third kappa shape index (κ3) is 4.61. The zero-order valence-electron chi connectivity index (χ0n) is 12.8. The zero-order valence-corrected chi connectivity index (χ0v) is 16.0. The second-order valence-electron chi connectivity index (χ2n) is 5.62. The van der Waals surface area contributed by atoms with E-state index in [0.717, 1.165) is 41.3 Å². The van der Waals surface area contributed by atoms with E-state index in [-0.39, 0.29) is 18.3 Å². The molecule has 1 aliphatic rings. The van der Waals surface area contributed by atoms with Crippen LogP contribution in [0, 0.1) is 0 Å². The fourth-order valence-corrected chi connectivity index (χ4v) is 4.36. The van der Waals surface area contributed by atoms with Gasteiger partial charge in [-0.1, -0.05) is 54.0 Å². The Hall–Kier alpha value is -0.860. The second kappa shape index (κ2) is 8.49. The molecule has 1 aliphatic carbocycles. The van der Waals surface area contributed by atoms with Crippen LogP contribution in [-0.2, 0) is 4.79 Å². The largest absolute Gasteiger partial charge is 0.324 e. The molecule has 9 heteroatoms. The summed E-state index contributed by atoms with van der Waals surface area (Å²) < 4.78 is 0.826. The molecule has 1 aromatic carbocycles. The highest BCUT2D eigenvalue weighted by Gasteiger charge is 2.35. The van der Waals surface area contributed by atoms with Crippen LogP contribution < -0.4 is 11.1 Å². The number of nitrogens with two attached hydrogens (primary N) is 1. The molecule has 1 heterocycles. The van der Waals surface area contributed by atoms with E-state index < -0.39 is 5.54 Å². The number of hydrogen-bond donors (Lipinski definition) is 2. The Morgan fingerprint density at radius 2 is 2.08 bits per heavy atom. The predicted octanol–water partition coefficient (Wildman–Crippen LogP) is 4.36. The minimum Gasteiger partial charge on any atom is -0.324 e. The molecule has 1 amide bonds. The Bertz CT molecular complexity index is 691. The molecule has 1 fully saturated rings. The monoisotopic (exact) mass is 404 g/mol. The van der Waals surface area contributed by atoms with Crippen LogP contribution in [0.15, 0.2) is 32.9 Å². The lowest BCUT2D eigenvalue weighted by atomic mass is 9.82. The van der Waals surface area contributed by atoms with Crippen molar-refractivity contribution in [3.8, 4) is 0 Å². The summed E-state index contributed by atoms with van der Waals surface area (Å²) in [5, 5.41) is 11.2. The van der Waals surface area contributed by atoms with E-state index in [1.165, 1.54) is 23.1 Å². The standard InChI is InChI=1S/C15H17ClN4OS2.ClH/c16-11-8-10(4-5-12(11)23-14-20-18-9-22-14)19-13(21)15(17)6-2-1-3-7-15;/h4-5,8-9H,1-3,6-7,17H2,(H,19,21);1H. The molecule has 130 valence electrons. The number of carbonyl (C=O) groups excluding carboxylic acids is 1. The van der Waals surface area contributed by atoms with Gasteiger partial charge in [0.2, 0.25) is 5.91 Å². The number of carbonyl (C=O) groups is 1. The SMILES string of the molecule is Cl.NC1(C(=O)Nc2ccc(Sc3nncs3)c(Cl)c2)CCCCC1. The summed E-state index contributed by atoms with van der Waals surface area (Å²) in [7, 11) is 0. The van der Waals surface area contributed by atoms with Crippen LogP contribution in [-0.4, -0.2) is 21.6 Å². The van der Waals surface area contributed by atoms with Crippen molar-refractivity contribution >= 4 is 58.7 Å². The maximum absolute atomic E-state index is 12.4. The molecule has 5 nitrogen and oxygen atoms in total. The summed E-state index contributed by atoms with van der Waals surface area (Å²) in [5.41, 5.74) is 7.83. The Kier molecular flexibility index (Phi) is 6.88. The van der Waals surface area contributed by atoms with E-state index in [4.69, 9.17) is 17.3 Å². The van der Waals surface area contributed by atoms with Crippen molar-refractivity contribution in [3.63, 3.8) is 0 Å². The Morgan fingerprint density at radius 3 is 2.71 bits per heavy atom. The van der Waals surface area contributed by atoms with Crippen LogP contribution in [0.4, 0.5) is 5.69 Å². The van der Waals surface area contributed by atoms with Crippen molar-refractivity contribution in [1.82, 2.24) is 10.2 Å². The van der Waals surface area contributed by atoms with Gasteiger partial charge in [-0.15, -0.1) is 22.6 Å². The number of halogens is 2. The van der Waals surface area contributed by atoms with E-state index in [1.54, 1.807) is 11.6 Å². The number of benzene rings is 1. The molecule has 0 saturated heterocycles. The van der Waals surface area contributed by atoms with Gasteiger partial charge >= 0.3 is 0 Å².